The molecule has 1 atom stereocenters. The molecule has 7 heteroatoms. The summed E-state index contributed by atoms with van der Waals surface area (Å²) < 4.78 is 37.4. The standard InChI is InChI=1S/C15H16F3NO3/c1-9(8-19-12(20)14(6-7-14)13(21)22)10-2-4-11(5-3-10)15(16,17)18/h2-5,9H,6-8H2,1H3,(H,19,20)(H,21,22). The second kappa shape index (κ2) is 5.62. The first-order valence-corrected chi connectivity index (χ1v) is 6.86. The zero-order valence-electron chi connectivity index (χ0n) is 11.9. The highest BCUT2D eigenvalue weighted by Crippen LogP contribution is 2.46. The molecule has 0 spiro atoms. The third-order valence-electron chi connectivity index (χ3n) is 3.97. The molecular formula is C15H16F3NO3. The Hall–Kier alpha value is -2.05. The van der Waals surface area contributed by atoms with Crippen molar-refractivity contribution in [2.24, 2.45) is 5.41 Å². The molecule has 0 heterocycles. The Balaban J connectivity index is 1.94. The molecule has 1 aliphatic rings. The minimum absolute atomic E-state index is 0.180. The Morgan fingerprint density at radius 3 is 2.23 bits per heavy atom. The van der Waals surface area contributed by atoms with Gasteiger partial charge in [-0.05, 0) is 36.5 Å². The Morgan fingerprint density at radius 2 is 1.82 bits per heavy atom. The van der Waals surface area contributed by atoms with Crippen LogP contribution in [-0.2, 0) is 15.8 Å². The second-order valence-corrected chi connectivity index (χ2v) is 5.62. The third kappa shape index (κ3) is 3.23. The van der Waals surface area contributed by atoms with Crippen molar-refractivity contribution in [3.8, 4) is 0 Å². The first-order chi connectivity index (χ1) is 10.2. The molecule has 120 valence electrons. The van der Waals surface area contributed by atoms with Crippen LogP contribution in [0.5, 0.6) is 0 Å². The first kappa shape index (κ1) is 16.3. The van der Waals surface area contributed by atoms with E-state index in [2.05, 4.69) is 5.32 Å². The molecule has 1 aromatic carbocycles. The van der Waals surface area contributed by atoms with Crippen LogP contribution in [-0.4, -0.2) is 23.5 Å². The van der Waals surface area contributed by atoms with Gasteiger partial charge in [0.2, 0.25) is 5.91 Å². The summed E-state index contributed by atoms with van der Waals surface area (Å²) in [7, 11) is 0. The second-order valence-electron chi connectivity index (χ2n) is 5.62. The minimum atomic E-state index is -4.38. The van der Waals surface area contributed by atoms with Gasteiger partial charge in [-0.2, -0.15) is 13.2 Å². The van der Waals surface area contributed by atoms with Crippen molar-refractivity contribution >= 4 is 11.9 Å². The van der Waals surface area contributed by atoms with E-state index in [1.807, 2.05) is 0 Å². The van der Waals surface area contributed by atoms with Gasteiger partial charge in [-0.3, -0.25) is 9.59 Å². The molecule has 0 saturated heterocycles. The Labute approximate surface area is 125 Å². The van der Waals surface area contributed by atoms with Crippen molar-refractivity contribution in [3.05, 3.63) is 35.4 Å². The number of benzene rings is 1. The van der Waals surface area contributed by atoms with Gasteiger partial charge in [0.05, 0.1) is 5.56 Å². The molecule has 0 bridgehead atoms. The van der Waals surface area contributed by atoms with Crippen molar-refractivity contribution in [1.82, 2.24) is 5.32 Å². The topological polar surface area (TPSA) is 66.4 Å². The maximum absolute atomic E-state index is 12.5. The van der Waals surface area contributed by atoms with E-state index in [0.29, 0.717) is 18.4 Å². The van der Waals surface area contributed by atoms with Crippen LogP contribution in [0.25, 0.3) is 0 Å². The van der Waals surface area contributed by atoms with E-state index in [1.165, 1.54) is 12.1 Å². The lowest BCUT2D eigenvalue weighted by atomic mass is 9.99. The summed E-state index contributed by atoms with van der Waals surface area (Å²) in [4.78, 5) is 22.9. The number of carbonyl (C=O) groups is 2. The van der Waals surface area contributed by atoms with Gasteiger partial charge in [-0.15, -0.1) is 0 Å². The molecule has 1 unspecified atom stereocenters. The van der Waals surface area contributed by atoms with Gasteiger partial charge in [0.25, 0.3) is 0 Å². The summed E-state index contributed by atoms with van der Waals surface area (Å²) >= 11 is 0. The molecular weight excluding hydrogens is 299 g/mol. The summed E-state index contributed by atoms with van der Waals surface area (Å²) in [6.45, 7) is 1.93. The average molecular weight is 315 g/mol. The number of carbonyl (C=O) groups excluding carboxylic acids is 1. The maximum atomic E-state index is 12.5. The van der Waals surface area contributed by atoms with E-state index >= 15 is 0 Å². The first-order valence-electron chi connectivity index (χ1n) is 6.86. The monoisotopic (exact) mass is 315 g/mol. The van der Waals surface area contributed by atoms with Gasteiger partial charge >= 0.3 is 12.1 Å². The largest absolute Gasteiger partial charge is 0.480 e. The third-order valence-corrected chi connectivity index (χ3v) is 3.97. The quantitative estimate of drug-likeness (QED) is 0.821. The molecule has 1 aromatic rings. The number of alkyl halides is 3. The van der Waals surface area contributed by atoms with Gasteiger partial charge in [0, 0.05) is 6.54 Å². The zero-order valence-corrected chi connectivity index (χ0v) is 11.9. The highest BCUT2D eigenvalue weighted by molar-refractivity contribution is 6.04. The van der Waals surface area contributed by atoms with Crippen molar-refractivity contribution in [1.29, 1.82) is 0 Å². The summed E-state index contributed by atoms with van der Waals surface area (Å²) in [5.74, 6) is -1.87. The van der Waals surface area contributed by atoms with Gasteiger partial charge in [-0.25, -0.2) is 0 Å². The number of nitrogens with one attached hydrogen (secondary N) is 1. The fourth-order valence-electron chi connectivity index (χ4n) is 2.20. The van der Waals surface area contributed by atoms with E-state index in [9.17, 15) is 22.8 Å². The van der Waals surface area contributed by atoms with E-state index in [4.69, 9.17) is 5.11 Å². The Morgan fingerprint density at radius 1 is 1.27 bits per heavy atom. The normalized spacial score (nSPS) is 17.6. The molecule has 1 aliphatic carbocycles. The van der Waals surface area contributed by atoms with Crippen LogP contribution in [0.3, 0.4) is 0 Å². The summed E-state index contributed by atoms with van der Waals surface area (Å²) in [6.07, 6.45) is -3.73. The van der Waals surface area contributed by atoms with Crippen LogP contribution in [0.4, 0.5) is 13.2 Å². The number of amides is 1. The molecule has 2 N–H and O–H groups in total. The number of halogens is 3. The van der Waals surface area contributed by atoms with Crippen LogP contribution >= 0.6 is 0 Å². The number of aliphatic carboxylic acids is 1. The van der Waals surface area contributed by atoms with Crippen molar-refractivity contribution in [2.45, 2.75) is 31.9 Å². The highest BCUT2D eigenvalue weighted by atomic mass is 19.4. The average Bonchev–Trinajstić information content (AvgIpc) is 3.25. The van der Waals surface area contributed by atoms with E-state index in [1.54, 1.807) is 6.92 Å². The van der Waals surface area contributed by atoms with Crippen molar-refractivity contribution < 1.29 is 27.9 Å². The molecule has 22 heavy (non-hydrogen) atoms. The molecule has 2 rings (SSSR count). The van der Waals surface area contributed by atoms with Gasteiger partial charge in [0.15, 0.2) is 0 Å². The lowest BCUT2D eigenvalue weighted by Gasteiger charge is -2.16. The number of carboxylic acid groups (broad SMARTS) is 1. The molecule has 0 aliphatic heterocycles. The predicted octanol–water partition coefficient (Wildman–Crippen LogP) is 2.79. The zero-order chi connectivity index (χ0) is 16.5. The lowest BCUT2D eigenvalue weighted by Crippen LogP contribution is -2.38. The van der Waals surface area contributed by atoms with Crippen molar-refractivity contribution in [2.75, 3.05) is 6.54 Å². The summed E-state index contributed by atoms with van der Waals surface area (Å²) in [5, 5.41) is 11.6. The number of carboxylic acids is 1. The Kier molecular flexibility index (Phi) is 4.17. The van der Waals surface area contributed by atoms with Crippen LogP contribution in [0.1, 0.15) is 36.8 Å². The van der Waals surface area contributed by atoms with Gasteiger partial charge in [-0.1, -0.05) is 19.1 Å². The maximum Gasteiger partial charge on any atom is 0.416 e. The highest BCUT2D eigenvalue weighted by Gasteiger charge is 2.56. The smallest absolute Gasteiger partial charge is 0.416 e. The van der Waals surface area contributed by atoms with Crippen LogP contribution in [0.2, 0.25) is 0 Å². The van der Waals surface area contributed by atoms with E-state index in [0.717, 1.165) is 12.1 Å². The SMILES string of the molecule is CC(CNC(=O)C1(C(=O)O)CC1)c1ccc(C(F)(F)F)cc1. The minimum Gasteiger partial charge on any atom is -0.480 e. The van der Waals surface area contributed by atoms with Crippen molar-refractivity contribution in [3.63, 3.8) is 0 Å². The summed E-state index contributed by atoms with van der Waals surface area (Å²) in [6, 6.07) is 4.72. The van der Waals surface area contributed by atoms with E-state index < -0.39 is 29.0 Å². The summed E-state index contributed by atoms with van der Waals surface area (Å²) in [5.41, 5.74) is -1.39. The number of hydrogen-bond donors (Lipinski definition) is 2. The van der Waals surface area contributed by atoms with Gasteiger partial charge < -0.3 is 10.4 Å². The fourth-order valence-corrected chi connectivity index (χ4v) is 2.20. The fraction of sp³-hybridized carbons (Fsp3) is 0.467. The molecule has 0 radical (unpaired) electrons. The van der Waals surface area contributed by atoms with Crippen LogP contribution in [0.15, 0.2) is 24.3 Å². The molecule has 1 saturated carbocycles. The molecule has 1 fully saturated rings. The lowest BCUT2D eigenvalue weighted by molar-refractivity contribution is -0.149. The molecule has 0 aromatic heterocycles. The predicted molar refractivity (Wildman–Crippen MR) is 72.2 cm³/mol. The molecule has 4 nitrogen and oxygen atoms in total. The van der Waals surface area contributed by atoms with Crippen LogP contribution in [0, 0.1) is 5.41 Å². The Bertz CT molecular complexity index is 577. The number of rotatable bonds is 5. The van der Waals surface area contributed by atoms with Crippen LogP contribution < -0.4 is 5.32 Å². The number of hydrogen-bond acceptors (Lipinski definition) is 2. The molecule has 1 amide bonds. The van der Waals surface area contributed by atoms with E-state index in [-0.39, 0.29) is 12.5 Å². The van der Waals surface area contributed by atoms with Gasteiger partial charge in [0.1, 0.15) is 5.41 Å².